The SMILES string of the molecule is Cn1nccc1CCOc1cc(F)ccc1C#CCCO. The van der Waals surface area contributed by atoms with Gasteiger partial charge in [0.1, 0.15) is 11.6 Å². The fourth-order valence-corrected chi connectivity index (χ4v) is 1.84. The summed E-state index contributed by atoms with van der Waals surface area (Å²) in [6, 6.07) is 6.17. The maximum atomic E-state index is 13.3. The molecule has 1 N–H and O–H groups in total. The van der Waals surface area contributed by atoms with Gasteiger partial charge in [-0.2, -0.15) is 5.10 Å². The molecular formula is C16H17FN2O2. The van der Waals surface area contributed by atoms with Crippen molar-refractivity contribution in [1.29, 1.82) is 0 Å². The van der Waals surface area contributed by atoms with E-state index in [1.165, 1.54) is 12.1 Å². The van der Waals surface area contributed by atoms with E-state index in [2.05, 4.69) is 16.9 Å². The van der Waals surface area contributed by atoms with E-state index in [1.54, 1.807) is 16.9 Å². The normalized spacial score (nSPS) is 10.0. The summed E-state index contributed by atoms with van der Waals surface area (Å²) in [5, 5.41) is 12.8. The fourth-order valence-electron chi connectivity index (χ4n) is 1.84. The first kappa shape index (κ1) is 15.1. The molecule has 2 aromatic rings. The van der Waals surface area contributed by atoms with Gasteiger partial charge >= 0.3 is 0 Å². The van der Waals surface area contributed by atoms with Gasteiger partial charge in [0.15, 0.2) is 0 Å². The number of aliphatic hydroxyl groups is 1. The molecule has 0 aliphatic carbocycles. The Morgan fingerprint density at radius 2 is 2.24 bits per heavy atom. The van der Waals surface area contributed by atoms with E-state index in [1.807, 2.05) is 13.1 Å². The molecule has 0 bridgehead atoms. The summed E-state index contributed by atoms with van der Waals surface area (Å²) in [6.45, 7) is 0.419. The molecule has 0 fully saturated rings. The van der Waals surface area contributed by atoms with Crippen molar-refractivity contribution in [2.24, 2.45) is 7.05 Å². The molecule has 0 aliphatic rings. The Bertz CT molecular complexity index is 656. The summed E-state index contributed by atoms with van der Waals surface area (Å²) < 4.78 is 20.7. The van der Waals surface area contributed by atoms with E-state index in [0.717, 1.165) is 5.69 Å². The predicted molar refractivity (Wildman–Crippen MR) is 77.4 cm³/mol. The van der Waals surface area contributed by atoms with E-state index < -0.39 is 0 Å². The molecular weight excluding hydrogens is 271 g/mol. The number of halogens is 1. The number of aromatic nitrogens is 2. The summed E-state index contributed by atoms with van der Waals surface area (Å²) in [4.78, 5) is 0. The van der Waals surface area contributed by atoms with Crippen LogP contribution in [0.4, 0.5) is 4.39 Å². The summed E-state index contributed by atoms with van der Waals surface area (Å²) in [7, 11) is 1.86. The monoisotopic (exact) mass is 288 g/mol. The molecule has 4 nitrogen and oxygen atoms in total. The average molecular weight is 288 g/mol. The van der Waals surface area contributed by atoms with Crippen LogP contribution < -0.4 is 4.74 Å². The molecule has 21 heavy (non-hydrogen) atoms. The number of aryl methyl sites for hydroxylation is 1. The minimum Gasteiger partial charge on any atom is -0.492 e. The third-order valence-electron chi connectivity index (χ3n) is 2.94. The molecule has 5 heteroatoms. The van der Waals surface area contributed by atoms with Crippen LogP contribution in [0.3, 0.4) is 0 Å². The van der Waals surface area contributed by atoms with Crippen LogP contribution in [-0.4, -0.2) is 28.1 Å². The lowest BCUT2D eigenvalue weighted by Gasteiger charge is -2.08. The van der Waals surface area contributed by atoms with Crippen molar-refractivity contribution >= 4 is 0 Å². The Labute approximate surface area is 123 Å². The molecule has 0 amide bonds. The zero-order chi connectivity index (χ0) is 15.1. The summed E-state index contributed by atoms with van der Waals surface area (Å²) in [6.07, 6.45) is 2.78. The molecule has 0 saturated heterocycles. The van der Waals surface area contributed by atoms with Gasteiger partial charge in [0.2, 0.25) is 0 Å². The van der Waals surface area contributed by atoms with E-state index in [4.69, 9.17) is 9.84 Å². The highest BCUT2D eigenvalue weighted by Crippen LogP contribution is 2.19. The highest BCUT2D eigenvalue weighted by Gasteiger charge is 2.05. The second-order valence-corrected chi connectivity index (χ2v) is 4.46. The lowest BCUT2D eigenvalue weighted by atomic mass is 10.2. The van der Waals surface area contributed by atoms with Gasteiger partial charge in [-0.05, 0) is 18.2 Å². The van der Waals surface area contributed by atoms with E-state index in [0.29, 0.717) is 30.8 Å². The van der Waals surface area contributed by atoms with Gasteiger partial charge in [0.25, 0.3) is 0 Å². The second kappa shape index (κ2) is 7.46. The number of benzene rings is 1. The smallest absolute Gasteiger partial charge is 0.137 e. The first-order valence-electron chi connectivity index (χ1n) is 6.69. The maximum absolute atomic E-state index is 13.3. The molecule has 0 atom stereocenters. The largest absolute Gasteiger partial charge is 0.492 e. The molecule has 0 saturated carbocycles. The Morgan fingerprint density at radius 1 is 1.38 bits per heavy atom. The van der Waals surface area contributed by atoms with Crippen molar-refractivity contribution in [3.63, 3.8) is 0 Å². The Balaban J connectivity index is 2.03. The number of aliphatic hydroxyl groups excluding tert-OH is 1. The van der Waals surface area contributed by atoms with Crippen molar-refractivity contribution < 1.29 is 14.2 Å². The molecule has 2 rings (SSSR count). The lowest BCUT2D eigenvalue weighted by Crippen LogP contribution is -2.06. The van der Waals surface area contributed by atoms with E-state index in [9.17, 15) is 4.39 Å². The first-order chi connectivity index (χ1) is 10.2. The summed E-state index contributed by atoms with van der Waals surface area (Å²) >= 11 is 0. The van der Waals surface area contributed by atoms with Gasteiger partial charge in [0, 0.05) is 37.8 Å². The first-order valence-corrected chi connectivity index (χ1v) is 6.69. The van der Waals surface area contributed by atoms with E-state index >= 15 is 0 Å². The van der Waals surface area contributed by atoms with Gasteiger partial charge in [-0.1, -0.05) is 11.8 Å². The average Bonchev–Trinajstić information content (AvgIpc) is 2.87. The third-order valence-corrected chi connectivity index (χ3v) is 2.94. The van der Waals surface area contributed by atoms with Crippen LogP contribution in [0.5, 0.6) is 5.75 Å². The summed E-state index contributed by atoms with van der Waals surface area (Å²) in [5.74, 6) is 5.74. The molecule has 0 radical (unpaired) electrons. The van der Waals surface area contributed by atoms with Crippen LogP contribution in [0.15, 0.2) is 30.5 Å². The molecule has 0 spiro atoms. The third kappa shape index (κ3) is 4.33. The van der Waals surface area contributed by atoms with Gasteiger partial charge < -0.3 is 9.84 Å². The fraction of sp³-hybridized carbons (Fsp3) is 0.312. The standard InChI is InChI=1S/C16H17FN2O2/c1-19-15(7-9-18-19)8-11-21-16-12-14(17)6-5-13(16)4-2-3-10-20/h5-7,9,12,20H,3,8,10-11H2,1H3. The van der Waals surface area contributed by atoms with E-state index in [-0.39, 0.29) is 12.4 Å². The zero-order valence-corrected chi connectivity index (χ0v) is 11.8. The second-order valence-electron chi connectivity index (χ2n) is 4.46. The maximum Gasteiger partial charge on any atom is 0.137 e. The lowest BCUT2D eigenvalue weighted by molar-refractivity contribution is 0.305. The summed E-state index contributed by atoms with van der Waals surface area (Å²) in [5.41, 5.74) is 1.66. The molecule has 0 unspecified atom stereocenters. The van der Waals surface area contributed by atoms with Gasteiger partial charge in [-0.25, -0.2) is 4.39 Å². The van der Waals surface area contributed by atoms with Gasteiger partial charge in [-0.3, -0.25) is 4.68 Å². The Hall–Kier alpha value is -2.32. The highest BCUT2D eigenvalue weighted by molar-refractivity contribution is 5.46. The molecule has 1 aromatic heterocycles. The van der Waals surface area contributed by atoms with Crippen LogP contribution in [0, 0.1) is 17.7 Å². The minimum absolute atomic E-state index is 0.00484. The predicted octanol–water partition coefficient (Wildman–Crippen LogP) is 1.91. The topological polar surface area (TPSA) is 47.3 Å². The number of hydrogen-bond donors (Lipinski definition) is 1. The molecule has 0 aliphatic heterocycles. The number of rotatable bonds is 5. The Morgan fingerprint density at radius 3 is 2.95 bits per heavy atom. The van der Waals surface area contributed by atoms with Crippen molar-refractivity contribution in [2.75, 3.05) is 13.2 Å². The van der Waals surface area contributed by atoms with Crippen molar-refractivity contribution in [1.82, 2.24) is 9.78 Å². The number of nitrogens with zero attached hydrogens (tertiary/aromatic N) is 2. The molecule has 110 valence electrons. The van der Waals surface area contributed by atoms with Crippen LogP contribution in [-0.2, 0) is 13.5 Å². The quantitative estimate of drug-likeness (QED) is 0.855. The van der Waals surface area contributed by atoms with Crippen LogP contribution in [0.1, 0.15) is 17.7 Å². The van der Waals surface area contributed by atoms with Crippen LogP contribution in [0.2, 0.25) is 0 Å². The minimum atomic E-state index is -0.363. The van der Waals surface area contributed by atoms with Crippen molar-refractivity contribution in [2.45, 2.75) is 12.8 Å². The van der Waals surface area contributed by atoms with Crippen LogP contribution >= 0.6 is 0 Å². The van der Waals surface area contributed by atoms with Gasteiger partial charge in [-0.15, -0.1) is 0 Å². The Kier molecular flexibility index (Phi) is 5.35. The van der Waals surface area contributed by atoms with Crippen molar-refractivity contribution in [3.05, 3.63) is 47.5 Å². The number of hydrogen-bond acceptors (Lipinski definition) is 3. The van der Waals surface area contributed by atoms with Crippen molar-refractivity contribution in [3.8, 4) is 17.6 Å². The molecule has 1 aromatic carbocycles. The highest BCUT2D eigenvalue weighted by atomic mass is 19.1. The zero-order valence-electron chi connectivity index (χ0n) is 11.8. The van der Waals surface area contributed by atoms with Gasteiger partial charge in [0.05, 0.1) is 18.8 Å². The molecule has 1 heterocycles. The van der Waals surface area contributed by atoms with Crippen LogP contribution in [0.25, 0.3) is 0 Å². The number of ether oxygens (including phenoxy) is 1.